The lowest BCUT2D eigenvalue weighted by Crippen LogP contribution is -2.40. The lowest BCUT2D eigenvalue weighted by atomic mass is 10.2. The van der Waals surface area contributed by atoms with Crippen molar-refractivity contribution in [3.8, 4) is 0 Å². The van der Waals surface area contributed by atoms with Crippen LogP contribution in [-0.4, -0.2) is 43.3 Å². The molecule has 0 aromatic rings. The van der Waals surface area contributed by atoms with E-state index in [1.165, 1.54) is 0 Å². The van der Waals surface area contributed by atoms with Gasteiger partial charge >= 0.3 is 6.18 Å². The van der Waals surface area contributed by atoms with Gasteiger partial charge in [-0.05, 0) is 25.9 Å². The van der Waals surface area contributed by atoms with Crippen LogP contribution in [0.4, 0.5) is 13.2 Å². The smallest absolute Gasteiger partial charge is 0.307 e. The molecule has 1 unspecified atom stereocenters. The summed E-state index contributed by atoms with van der Waals surface area (Å²) in [5, 5.41) is 2.46. The molecule has 84 valence electrons. The first-order valence-corrected chi connectivity index (χ1v) is 5.04. The fraction of sp³-hybridized carbons (Fsp3) is 1.00. The minimum atomic E-state index is -4.09. The number of hydrogen-bond donors (Lipinski definition) is 1. The Labute approximate surface area is 82.5 Å². The van der Waals surface area contributed by atoms with Gasteiger partial charge in [0.1, 0.15) is 0 Å². The fourth-order valence-electron chi connectivity index (χ4n) is 1.92. The summed E-state index contributed by atoms with van der Waals surface area (Å²) in [7, 11) is 0. The Morgan fingerprint density at radius 3 is 2.71 bits per heavy atom. The summed E-state index contributed by atoms with van der Waals surface area (Å²) in [6.45, 7) is 3.57. The van der Waals surface area contributed by atoms with Crippen LogP contribution in [-0.2, 0) is 0 Å². The van der Waals surface area contributed by atoms with Crippen molar-refractivity contribution < 1.29 is 13.2 Å². The van der Waals surface area contributed by atoms with Crippen LogP contribution in [0.2, 0.25) is 0 Å². The van der Waals surface area contributed by atoms with Gasteiger partial charge in [0.15, 0.2) is 0 Å². The molecular formula is C9H17F3N2. The van der Waals surface area contributed by atoms with Crippen LogP contribution in [0.1, 0.15) is 19.8 Å². The molecule has 0 radical (unpaired) electrons. The minimum Gasteiger partial charge on any atom is -0.307 e. The maximum atomic E-state index is 11.8. The first-order chi connectivity index (χ1) is 6.53. The molecule has 0 spiro atoms. The molecule has 1 atom stereocenters. The molecule has 1 heterocycles. The van der Waals surface area contributed by atoms with E-state index < -0.39 is 12.7 Å². The number of nitrogens with one attached hydrogen (secondary N) is 1. The van der Waals surface area contributed by atoms with Crippen molar-refractivity contribution in [2.24, 2.45) is 0 Å². The molecule has 0 aliphatic carbocycles. The summed E-state index contributed by atoms with van der Waals surface area (Å²) in [5.74, 6) is 0. The zero-order valence-corrected chi connectivity index (χ0v) is 8.40. The SMILES string of the molecule is CCN1CCCC1CNCC(F)(F)F. The van der Waals surface area contributed by atoms with E-state index in [1.807, 2.05) is 6.92 Å². The van der Waals surface area contributed by atoms with Gasteiger partial charge in [0.2, 0.25) is 0 Å². The van der Waals surface area contributed by atoms with Crippen molar-refractivity contribution in [1.82, 2.24) is 10.2 Å². The maximum absolute atomic E-state index is 11.8. The van der Waals surface area contributed by atoms with Gasteiger partial charge in [0.25, 0.3) is 0 Å². The van der Waals surface area contributed by atoms with E-state index >= 15 is 0 Å². The third-order valence-corrected chi connectivity index (χ3v) is 2.61. The third kappa shape index (κ3) is 3.84. The van der Waals surface area contributed by atoms with E-state index in [1.54, 1.807) is 0 Å². The largest absolute Gasteiger partial charge is 0.401 e. The molecular weight excluding hydrogens is 193 g/mol. The van der Waals surface area contributed by atoms with Gasteiger partial charge in [-0.3, -0.25) is 4.90 Å². The minimum absolute atomic E-state index is 0.294. The van der Waals surface area contributed by atoms with Crippen molar-refractivity contribution >= 4 is 0 Å². The Bertz CT molecular complexity index is 170. The highest BCUT2D eigenvalue weighted by atomic mass is 19.4. The summed E-state index contributed by atoms with van der Waals surface area (Å²) in [5.41, 5.74) is 0. The lowest BCUT2D eigenvalue weighted by molar-refractivity contribution is -0.125. The highest BCUT2D eigenvalue weighted by Gasteiger charge is 2.28. The number of rotatable bonds is 4. The summed E-state index contributed by atoms with van der Waals surface area (Å²) in [4.78, 5) is 2.23. The van der Waals surface area contributed by atoms with Gasteiger partial charge in [-0.2, -0.15) is 13.2 Å². The molecule has 0 aromatic carbocycles. The second-order valence-electron chi connectivity index (χ2n) is 3.67. The molecule has 0 aromatic heterocycles. The molecule has 1 N–H and O–H groups in total. The highest BCUT2D eigenvalue weighted by molar-refractivity contribution is 4.80. The summed E-state index contributed by atoms with van der Waals surface area (Å²) >= 11 is 0. The van der Waals surface area contributed by atoms with Crippen molar-refractivity contribution in [2.45, 2.75) is 32.0 Å². The van der Waals surface area contributed by atoms with Gasteiger partial charge in [-0.25, -0.2) is 0 Å². The van der Waals surface area contributed by atoms with E-state index in [0.29, 0.717) is 12.6 Å². The van der Waals surface area contributed by atoms with E-state index in [-0.39, 0.29) is 0 Å². The van der Waals surface area contributed by atoms with Gasteiger partial charge in [0.05, 0.1) is 6.54 Å². The molecule has 1 saturated heterocycles. The normalized spacial score (nSPS) is 24.4. The number of likely N-dealkylation sites (tertiary alicyclic amines) is 1. The average molecular weight is 210 g/mol. The van der Waals surface area contributed by atoms with Crippen LogP contribution in [0, 0.1) is 0 Å². The molecule has 1 rings (SSSR count). The molecule has 0 bridgehead atoms. The van der Waals surface area contributed by atoms with Gasteiger partial charge in [-0.1, -0.05) is 6.92 Å². The van der Waals surface area contributed by atoms with E-state index in [9.17, 15) is 13.2 Å². The lowest BCUT2D eigenvalue weighted by Gasteiger charge is -2.23. The van der Waals surface area contributed by atoms with Crippen LogP contribution in [0.25, 0.3) is 0 Å². The predicted octanol–water partition coefficient (Wildman–Crippen LogP) is 1.62. The second kappa shape index (κ2) is 4.98. The first-order valence-electron chi connectivity index (χ1n) is 5.04. The molecule has 5 heteroatoms. The van der Waals surface area contributed by atoms with E-state index in [0.717, 1.165) is 25.9 Å². The van der Waals surface area contributed by atoms with E-state index in [4.69, 9.17) is 0 Å². The van der Waals surface area contributed by atoms with Crippen LogP contribution in [0.15, 0.2) is 0 Å². The second-order valence-corrected chi connectivity index (χ2v) is 3.67. The van der Waals surface area contributed by atoms with E-state index in [2.05, 4.69) is 10.2 Å². The fourth-order valence-corrected chi connectivity index (χ4v) is 1.92. The number of hydrogen-bond acceptors (Lipinski definition) is 2. The highest BCUT2D eigenvalue weighted by Crippen LogP contribution is 2.16. The van der Waals surface area contributed by atoms with Crippen molar-refractivity contribution in [2.75, 3.05) is 26.2 Å². The molecule has 0 amide bonds. The van der Waals surface area contributed by atoms with Crippen LogP contribution < -0.4 is 5.32 Å². The molecule has 1 aliphatic heterocycles. The zero-order chi connectivity index (χ0) is 10.6. The van der Waals surface area contributed by atoms with Gasteiger partial charge in [0, 0.05) is 12.6 Å². The molecule has 14 heavy (non-hydrogen) atoms. The number of likely N-dealkylation sites (N-methyl/N-ethyl adjacent to an activating group) is 1. The summed E-state index contributed by atoms with van der Waals surface area (Å²) in [6.07, 6.45) is -1.97. The maximum Gasteiger partial charge on any atom is 0.401 e. The van der Waals surface area contributed by atoms with Gasteiger partial charge < -0.3 is 5.32 Å². The van der Waals surface area contributed by atoms with Crippen molar-refractivity contribution in [3.05, 3.63) is 0 Å². The summed E-state index contributed by atoms with van der Waals surface area (Å²) < 4.78 is 35.5. The van der Waals surface area contributed by atoms with Gasteiger partial charge in [-0.15, -0.1) is 0 Å². The average Bonchev–Trinajstić information content (AvgIpc) is 2.49. The van der Waals surface area contributed by atoms with Crippen molar-refractivity contribution in [3.63, 3.8) is 0 Å². The topological polar surface area (TPSA) is 15.3 Å². The third-order valence-electron chi connectivity index (χ3n) is 2.61. The Hall–Kier alpha value is -0.290. The number of halogens is 3. The van der Waals surface area contributed by atoms with Crippen LogP contribution in [0.3, 0.4) is 0 Å². The first kappa shape index (κ1) is 11.8. The molecule has 1 fully saturated rings. The number of nitrogens with zero attached hydrogens (tertiary/aromatic N) is 1. The zero-order valence-electron chi connectivity index (χ0n) is 8.40. The molecule has 2 nitrogen and oxygen atoms in total. The van der Waals surface area contributed by atoms with Crippen LogP contribution in [0.5, 0.6) is 0 Å². The standard InChI is InChI=1S/C9H17F3N2/c1-2-14-5-3-4-8(14)6-13-7-9(10,11)12/h8,13H,2-7H2,1H3. The quantitative estimate of drug-likeness (QED) is 0.758. The Morgan fingerprint density at radius 1 is 1.43 bits per heavy atom. The number of alkyl halides is 3. The predicted molar refractivity (Wildman–Crippen MR) is 49.2 cm³/mol. The summed E-state index contributed by atoms with van der Waals surface area (Å²) in [6, 6.07) is 0.294. The Morgan fingerprint density at radius 2 is 2.14 bits per heavy atom. The molecule has 0 saturated carbocycles. The molecule has 1 aliphatic rings. The van der Waals surface area contributed by atoms with Crippen LogP contribution >= 0.6 is 0 Å². The Kier molecular flexibility index (Phi) is 4.19. The monoisotopic (exact) mass is 210 g/mol. The van der Waals surface area contributed by atoms with Crippen molar-refractivity contribution in [1.29, 1.82) is 0 Å². The Balaban J connectivity index is 2.18.